The molecule has 0 spiro atoms. The first-order valence-corrected chi connectivity index (χ1v) is 10.9. The summed E-state index contributed by atoms with van der Waals surface area (Å²) in [6, 6.07) is 6.19. The number of nitrogens with one attached hydrogen (secondary N) is 3. The molecule has 0 aliphatic heterocycles. The molecule has 1 aliphatic carbocycles. The molecular weight excluding hydrogens is 605 g/mol. The number of benzene rings is 1. The van der Waals surface area contributed by atoms with E-state index < -0.39 is 31.1 Å². The van der Waals surface area contributed by atoms with Crippen LogP contribution in [-0.2, 0) is 4.74 Å². The number of carbonyl (C=O) groups is 1. The standard InChI is InChI=1S/C20H25F2N5O5S.CH3.Cs/c1-11(6-17(21)22)25-19(28)32-15-7-12(8-15)13-9-23-18(24-10-13)26-14-2-4-16(5-3-14)33-27-20(29,30)31;;/h2-5,9-12,15,17,27,29-31H,6-8H2,1H3,(H,25,28)(H,23,24,26);1H3;/q;-1;+1. The Morgan fingerprint density at radius 3 is 2.34 bits per heavy atom. The van der Waals surface area contributed by atoms with E-state index in [4.69, 9.17) is 20.1 Å². The van der Waals surface area contributed by atoms with Crippen molar-refractivity contribution >= 4 is 29.7 Å². The molecule has 1 aliphatic rings. The van der Waals surface area contributed by atoms with Crippen molar-refractivity contribution in [2.45, 2.75) is 61.7 Å². The van der Waals surface area contributed by atoms with Gasteiger partial charge in [0.2, 0.25) is 12.4 Å². The second kappa shape index (κ2) is 15.0. The topological polar surface area (TPSA) is 149 Å². The number of ether oxygens (including phenoxy) is 1. The minimum Gasteiger partial charge on any atom is -0.446 e. The summed E-state index contributed by atoms with van der Waals surface area (Å²) < 4.78 is 31.9. The van der Waals surface area contributed by atoms with Gasteiger partial charge >= 0.3 is 81.1 Å². The quantitative estimate of drug-likeness (QED) is 0.119. The van der Waals surface area contributed by atoms with Gasteiger partial charge in [-0.05, 0) is 67.5 Å². The van der Waals surface area contributed by atoms with Crippen molar-refractivity contribution in [3.8, 4) is 0 Å². The fourth-order valence-corrected chi connectivity index (χ4v) is 3.65. The minimum atomic E-state index is -2.97. The molecular formula is C21H28CsF2N5O5S. The maximum atomic E-state index is 12.3. The van der Waals surface area contributed by atoms with Crippen LogP contribution in [0.2, 0.25) is 0 Å². The number of anilines is 2. The Morgan fingerprint density at radius 1 is 1.20 bits per heavy atom. The molecule has 1 amide bonds. The summed E-state index contributed by atoms with van der Waals surface area (Å²) in [5, 5.41) is 31.9. The van der Waals surface area contributed by atoms with E-state index in [2.05, 4.69) is 20.6 Å². The average molecular weight is 633 g/mol. The van der Waals surface area contributed by atoms with Crippen LogP contribution in [-0.4, -0.2) is 56.0 Å². The van der Waals surface area contributed by atoms with Gasteiger partial charge in [-0.3, -0.25) is 0 Å². The third-order valence-corrected chi connectivity index (χ3v) is 5.71. The fraction of sp³-hybridized carbons (Fsp3) is 0.429. The van der Waals surface area contributed by atoms with Gasteiger partial charge in [0, 0.05) is 35.4 Å². The van der Waals surface area contributed by atoms with E-state index >= 15 is 0 Å². The zero-order chi connectivity index (χ0) is 24.0. The van der Waals surface area contributed by atoms with Gasteiger partial charge in [-0.15, -0.1) is 0 Å². The minimum absolute atomic E-state index is 0. The first kappa shape index (κ1) is 32.5. The van der Waals surface area contributed by atoms with Gasteiger partial charge in [0.15, 0.2) is 0 Å². The molecule has 1 fully saturated rings. The van der Waals surface area contributed by atoms with Crippen molar-refractivity contribution in [3.05, 3.63) is 49.6 Å². The molecule has 0 saturated heterocycles. The van der Waals surface area contributed by atoms with E-state index in [1.807, 2.05) is 4.72 Å². The van der Waals surface area contributed by atoms with Gasteiger partial charge in [-0.25, -0.2) is 23.5 Å². The van der Waals surface area contributed by atoms with Gasteiger partial charge in [-0.1, -0.05) is 0 Å². The first-order valence-electron chi connectivity index (χ1n) is 10.1. The molecule has 1 heterocycles. The second-order valence-corrected chi connectivity index (χ2v) is 8.58. The molecule has 188 valence electrons. The number of aliphatic hydroxyl groups is 3. The Bertz CT molecular complexity index is 916. The van der Waals surface area contributed by atoms with Gasteiger partial charge < -0.3 is 38.1 Å². The summed E-state index contributed by atoms with van der Waals surface area (Å²) >= 11 is 0.841. The smallest absolute Gasteiger partial charge is 0.446 e. The number of amides is 1. The van der Waals surface area contributed by atoms with E-state index in [9.17, 15) is 13.6 Å². The molecule has 1 aromatic carbocycles. The van der Waals surface area contributed by atoms with Crippen molar-refractivity contribution in [2.24, 2.45) is 0 Å². The van der Waals surface area contributed by atoms with Crippen LogP contribution in [0.1, 0.15) is 37.7 Å². The molecule has 0 bridgehead atoms. The largest absolute Gasteiger partial charge is 1.00 e. The van der Waals surface area contributed by atoms with E-state index in [1.165, 1.54) is 6.92 Å². The number of carbonyl (C=O) groups excluding carboxylic acids is 1. The Hall–Kier alpha value is -0.528. The molecule has 35 heavy (non-hydrogen) atoms. The van der Waals surface area contributed by atoms with E-state index in [-0.39, 0.29) is 88.3 Å². The maximum Gasteiger partial charge on any atom is 1.00 e. The SMILES string of the molecule is CC(CC(F)F)NC(=O)OC1CC(c2cnc(Nc3ccc(SNC(O)(O)O)cc3)nc2)C1.[CH3-].[Cs+]. The molecule has 10 nitrogen and oxygen atoms in total. The van der Waals surface area contributed by atoms with Crippen LogP contribution >= 0.6 is 11.9 Å². The summed E-state index contributed by atoms with van der Waals surface area (Å²) in [7, 11) is 0. The van der Waals surface area contributed by atoms with Crippen LogP contribution < -0.4 is 84.2 Å². The molecule has 1 aromatic heterocycles. The zero-order valence-electron chi connectivity index (χ0n) is 19.6. The molecule has 3 rings (SSSR count). The molecule has 6 N–H and O–H groups in total. The predicted molar refractivity (Wildman–Crippen MR) is 122 cm³/mol. The number of nitrogens with zero attached hydrogens (tertiary/aromatic N) is 2. The summed E-state index contributed by atoms with van der Waals surface area (Å²) in [6.45, 7) is 1.50. The maximum absolute atomic E-state index is 12.3. The number of halogens is 2. The van der Waals surface area contributed by atoms with Crippen LogP contribution in [0.4, 0.5) is 25.2 Å². The van der Waals surface area contributed by atoms with Crippen LogP contribution in [0.3, 0.4) is 0 Å². The molecule has 2 aromatic rings. The molecule has 14 heteroatoms. The Kier molecular flexibility index (Phi) is 13.9. The molecule has 1 atom stereocenters. The molecule has 1 saturated carbocycles. The number of hydrogen-bond acceptors (Lipinski definition) is 10. The van der Waals surface area contributed by atoms with Crippen LogP contribution in [0.5, 0.6) is 0 Å². The van der Waals surface area contributed by atoms with E-state index in [0.717, 1.165) is 17.5 Å². The van der Waals surface area contributed by atoms with Crippen molar-refractivity contribution in [2.75, 3.05) is 5.32 Å². The van der Waals surface area contributed by atoms with Crippen LogP contribution in [0.15, 0.2) is 41.6 Å². The van der Waals surface area contributed by atoms with E-state index in [1.54, 1.807) is 36.7 Å². The summed E-state index contributed by atoms with van der Waals surface area (Å²) in [6.07, 6.45) is -2.23. The Balaban J connectivity index is 0.00000306. The third-order valence-electron chi connectivity index (χ3n) is 4.82. The van der Waals surface area contributed by atoms with Crippen LogP contribution in [0.25, 0.3) is 0 Å². The summed E-state index contributed by atoms with van der Waals surface area (Å²) in [4.78, 5) is 21.0. The van der Waals surface area contributed by atoms with E-state index in [0.29, 0.717) is 29.4 Å². The van der Waals surface area contributed by atoms with Crippen molar-refractivity contribution in [1.82, 2.24) is 20.0 Å². The molecule has 0 radical (unpaired) electrons. The van der Waals surface area contributed by atoms with Gasteiger partial charge in [-0.2, -0.15) is 4.72 Å². The Labute approximate surface area is 265 Å². The number of alkyl carbamates (subject to hydrolysis) is 1. The van der Waals surface area contributed by atoms with Gasteiger partial charge in [0.05, 0.1) is 0 Å². The van der Waals surface area contributed by atoms with Crippen LogP contribution in [0, 0.1) is 7.43 Å². The Morgan fingerprint density at radius 2 is 1.80 bits per heavy atom. The predicted octanol–water partition coefficient (Wildman–Crippen LogP) is -0.125. The molecule has 1 unspecified atom stereocenters. The first-order chi connectivity index (χ1) is 15.6. The van der Waals surface area contributed by atoms with Crippen molar-refractivity contribution in [1.29, 1.82) is 0 Å². The summed E-state index contributed by atoms with van der Waals surface area (Å²) in [5.74, 6) is 0.535. The normalized spacial score (nSPS) is 17.9. The number of rotatable bonds is 10. The van der Waals surface area contributed by atoms with Crippen molar-refractivity contribution in [3.63, 3.8) is 0 Å². The average Bonchev–Trinajstić information content (AvgIpc) is 2.69. The third kappa shape index (κ3) is 11.6. The number of hydrogen-bond donors (Lipinski definition) is 6. The monoisotopic (exact) mass is 633 g/mol. The zero-order valence-corrected chi connectivity index (χ0v) is 26.7. The van der Waals surface area contributed by atoms with Gasteiger partial charge in [0.1, 0.15) is 6.10 Å². The fourth-order valence-electron chi connectivity index (χ4n) is 3.12. The number of alkyl halides is 2. The summed E-state index contributed by atoms with van der Waals surface area (Å²) in [5.41, 5.74) is 1.62. The second-order valence-electron chi connectivity index (χ2n) is 7.70. The number of aromatic nitrogens is 2. The van der Waals surface area contributed by atoms with Gasteiger partial charge in [0.25, 0.3) is 0 Å². The van der Waals surface area contributed by atoms with Crippen molar-refractivity contribution < 1.29 is 103 Å².